The predicted molar refractivity (Wildman–Crippen MR) is 67.6 cm³/mol. The molecule has 0 atom stereocenters. The van der Waals surface area contributed by atoms with E-state index in [1.165, 1.54) is 11.1 Å². The summed E-state index contributed by atoms with van der Waals surface area (Å²) in [6.45, 7) is 4.16. The number of aromatic nitrogens is 4. The summed E-state index contributed by atoms with van der Waals surface area (Å²) in [6.07, 6.45) is 1.67. The van der Waals surface area contributed by atoms with Crippen LogP contribution in [-0.2, 0) is 0 Å². The zero-order valence-corrected chi connectivity index (χ0v) is 9.70. The molecule has 0 amide bonds. The van der Waals surface area contributed by atoms with E-state index in [2.05, 4.69) is 46.1 Å². The minimum atomic E-state index is 0.525. The van der Waals surface area contributed by atoms with Crippen LogP contribution >= 0.6 is 0 Å². The first-order chi connectivity index (χ1) is 8.15. The van der Waals surface area contributed by atoms with E-state index in [0.717, 1.165) is 22.4 Å². The summed E-state index contributed by atoms with van der Waals surface area (Å²) in [4.78, 5) is 7.78. The van der Waals surface area contributed by atoms with E-state index in [9.17, 15) is 0 Å². The fraction of sp³-hybridized carbons (Fsp3) is 0.167. The van der Waals surface area contributed by atoms with Crippen molar-refractivity contribution in [2.24, 2.45) is 0 Å². The van der Waals surface area contributed by atoms with Crippen molar-refractivity contribution in [3.8, 4) is 11.4 Å². The van der Waals surface area contributed by atoms with Gasteiger partial charge in [-0.15, -0.1) is 0 Å². The lowest BCUT2D eigenvalue weighted by molar-refractivity contribution is 1.10. The minimum absolute atomic E-state index is 0.525. The molecular formula is C12H13N5. The second-order valence-corrected chi connectivity index (χ2v) is 4.24. The van der Waals surface area contributed by atoms with Crippen LogP contribution in [-0.4, -0.2) is 20.2 Å². The standard InChI is InChI=1S/C12H13N5/c1-6-3-9-10(4-7(6)2)16-12(15-9)8-5-14-17-11(8)13/h3-5H,1-2H3,(H,15,16)(H3,13,14,17). The molecule has 5 heteroatoms. The third-order valence-electron chi connectivity index (χ3n) is 3.02. The summed E-state index contributed by atoms with van der Waals surface area (Å²) in [5, 5.41) is 6.60. The number of nitrogen functional groups attached to an aromatic ring is 1. The van der Waals surface area contributed by atoms with Crippen LogP contribution in [0.5, 0.6) is 0 Å². The fourth-order valence-corrected chi connectivity index (χ4v) is 1.88. The third-order valence-corrected chi connectivity index (χ3v) is 3.02. The maximum atomic E-state index is 5.78. The van der Waals surface area contributed by atoms with Gasteiger partial charge in [0.2, 0.25) is 0 Å². The van der Waals surface area contributed by atoms with Gasteiger partial charge in [-0.2, -0.15) is 5.10 Å². The quantitative estimate of drug-likeness (QED) is 0.595. The van der Waals surface area contributed by atoms with Crippen molar-refractivity contribution in [2.45, 2.75) is 13.8 Å². The number of hydrogen-bond donors (Lipinski definition) is 3. The molecule has 3 aromatic rings. The minimum Gasteiger partial charge on any atom is -0.383 e. The van der Waals surface area contributed by atoms with Crippen molar-refractivity contribution in [3.05, 3.63) is 29.5 Å². The first-order valence-corrected chi connectivity index (χ1v) is 5.41. The van der Waals surface area contributed by atoms with Gasteiger partial charge in [0.25, 0.3) is 0 Å². The SMILES string of the molecule is Cc1cc2nc(-c3cn[nH]c3N)[nH]c2cc1C. The lowest BCUT2D eigenvalue weighted by Crippen LogP contribution is -1.88. The molecule has 0 unspecified atom stereocenters. The lowest BCUT2D eigenvalue weighted by atomic mass is 10.1. The first-order valence-electron chi connectivity index (χ1n) is 5.41. The second kappa shape index (κ2) is 3.35. The van der Waals surface area contributed by atoms with Crippen molar-refractivity contribution >= 4 is 16.9 Å². The van der Waals surface area contributed by atoms with Gasteiger partial charge in [-0.3, -0.25) is 5.10 Å². The summed E-state index contributed by atoms with van der Waals surface area (Å²) >= 11 is 0. The number of rotatable bonds is 1. The Morgan fingerprint density at radius 3 is 2.65 bits per heavy atom. The summed E-state index contributed by atoms with van der Waals surface area (Å²) in [6, 6.07) is 4.17. The molecular weight excluding hydrogens is 214 g/mol. The smallest absolute Gasteiger partial charge is 0.143 e. The predicted octanol–water partition coefficient (Wildman–Crippen LogP) is 2.15. The van der Waals surface area contributed by atoms with Crippen molar-refractivity contribution < 1.29 is 0 Å². The normalized spacial score (nSPS) is 11.2. The molecule has 86 valence electrons. The number of nitrogens with zero attached hydrogens (tertiary/aromatic N) is 2. The molecule has 0 fully saturated rings. The van der Waals surface area contributed by atoms with Crippen molar-refractivity contribution in [2.75, 3.05) is 5.73 Å². The number of H-pyrrole nitrogens is 2. The van der Waals surface area contributed by atoms with Gasteiger partial charge in [0.05, 0.1) is 22.8 Å². The van der Waals surface area contributed by atoms with E-state index in [4.69, 9.17) is 5.73 Å². The van der Waals surface area contributed by atoms with Crippen LogP contribution in [0.25, 0.3) is 22.4 Å². The van der Waals surface area contributed by atoms with E-state index in [1.807, 2.05) is 0 Å². The van der Waals surface area contributed by atoms with Crippen LogP contribution in [0.1, 0.15) is 11.1 Å². The number of anilines is 1. The Morgan fingerprint density at radius 1 is 1.18 bits per heavy atom. The molecule has 0 aliphatic heterocycles. The molecule has 0 aliphatic rings. The van der Waals surface area contributed by atoms with E-state index >= 15 is 0 Å². The zero-order valence-electron chi connectivity index (χ0n) is 9.70. The molecule has 0 saturated carbocycles. The molecule has 0 radical (unpaired) electrons. The van der Waals surface area contributed by atoms with Gasteiger partial charge in [0.15, 0.2) is 0 Å². The Morgan fingerprint density at radius 2 is 1.94 bits per heavy atom. The molecule has 3 rings (SSSR count). The molecule has 0 aliphatic carbocycles. The largest absolute Gasteiger partial charge is 0.383 e. The van der Waals surface area contributed by atoms with Crippen molar-refractivity contribution in [3.63, 3.8) is 0 Å². The number of fused-ring (bicyclic) bond motifs is 1. The monoisotopic (exact) mass is 227 g/mol. The number of aromatic amines is 2. The highest BCUT2D eigenvalue weighted by atomic mass is 15.1. The second-order valence-electron chi connectivity index (χ2n) is 4.24. The third kappa shape index (κ3) is 1.47. The van der Waals surface area contributed by atoms with Gasteiger partial charge < -0.3 is 10.7 Å². The van der Waals surface area contributed by atoms with E-state index < -0.39 is 0 Å². The van der Waals surface area contributed by atoms with Crippen LogP contribution in [0.2, 0.25) is 0 Å². The maximum absolute atomic E-state index is 5.78. The Balaban J connectivity index is 2.24. The van der Waals surface area contributed by atoms with E-state index in [1.54, 1.807) is 6.20 Å². The van der Waals surface area contributed by atoms with Crippen LogP contribution in [0, 0.1) is 13.8 Å². The van der Waals surface area contributed by atoms with E-state index in [-0.39, 0.29) is 0 Å². The molecule has 1 aromatic carbocycles. The number of nitrogens with one attached hydrogen (secondary N) is 2. The van der Waals surface area contributed by atoms with Gasteiger partial charge in [-0.1, -0.05) is 0 Å². The molecule has 0 saturated heterocycles. The number of hydrogen-bond acceptors (Lipinski definition) is 3. The van der Waals surface area contributed by atoms with E-state index in [0.29, 0.717) is 5.82 Å². The summed E-state index contributed by atoms with van der Waals surface area (Å²) in [5.41, 5.74) is 11.0. The fourth-order valence-electron chi connectivity index (χ4n) is 1.88. The highest BCUT2D eigenvalue weighted by molar-refractivity contribution is 5.82. The maximum Gasteiger partial charge on any atom is 0.143 e. The number of nitrogens with two attached hydrogens (primary N) is 1. The highest BCUT2D eigenvalue weighted by Gasteiger charge is 2.10. The van der Waals surface area contributed by atoms with Gasteiger partial charge in [-0.25, -0.2) is 4.98 Å². The molecule has 2 heterocycles. The molecule has 4 N–H and O–H groups in total. The lowest BCUT2D eigenvalue weighted by Gasteiger charge is -1.97. The van der Waals surface area contributed by atoms with Gasteiger partial charge >= 0.3 is 0 Å². The Bertz CT molecular complexity index is 653. The van der Waals surface area contributed by atoms with Crippen LogP contribution in [0.4, 0.5) is 5.82 Å². The Hall–Kier alpha value is -2.30. The van der Waals surface area contributed by atoms with Crippen molar-refractivity contribution in [1.29, 1.82) is 0 Å². The molecule has 17 heavy (non-hydrogen) atoms. The average Bonchev–Trinajstić information content (AvgIpc) is 2.85. The van der Waals surface area contributed by atoms with Crippen LogP contribution < -0.4 is 5.73 Å². The number of benzene rings is 1. The Labute approximate surface area is 98.1 Å². The summed E-state index contributed by atoms with van der Waals surface area (Å²) in [5.74, 6) is 1.27. The average molecular weight is 227 g/mol. The highest BCUT2D eigenvalue weighted by Crippen LogP contribution is 2.25. The summed E-state index contributed by atoms with van der Waals surface area (Å²) in [7, 11) is 0. The molecule has 5 nitrogen and oxygen atoms in total. The number of aryl methyl sites for hydroxylation is 2. The van der Waals surface area contributed by atoms with Gasteiger partial charge in [0.1, 0.15) is 11.6 Å². The Kier molecular flexibility index (Phi) is 1.95. The molecule has 2 aromatic heterocycles. The van der Waals surface area contributed by atoms with Crippen LogP contribution in [0.3, 0.4) is 0 Å². The molecule has 0 bridgehead atoms. The van der Waals surface area contributed by atoms with Crippen molar-refractivity contribution in [1.82, 2.24) is 20.2 Å². The topological polar surface area (TPSA) is 83.4 Å². The van der Waals surface area contributed by atoms with Crippen LogP contribution in [0.15, 0.2) is 18.3 Å². The number of imidazole rings is 1. The molecule has 0 spiro atoms. The first kappa shape index (κ1) is 9.89. The van der Waals surface area contributed by atoms with Gasteiger partial charge in [0, 0.05) is 0 Å². The van der Waals surface area contributed by atoms with Gasteiger partial charge in [-0.05, 0) is 37.1 Å². The zero-order chi connectivity index (χ0) is 12.0. The summed E-state index contributed by atoms with van der Waals surface area (Å²) < 4.78 is 0.